The highest BCUT2D eigenvalue weighted by Crippen LogP contribution is 2.37. The molecule has 1 unspecified atom stereocenters. The number of carbonyl (C=O) groups is 1. The molecule has 0 bridgehead atoms. The van der Waals surface area contributed by atoms with Crippen LogP contribution in [0.25, 0.3) is 5.53 Å². The number of allylic oxidation sites excluding steroid dienone is 2. The molecule has 0 aromatic carbocycles. The third-order valence-corrected chi connectivity index (χ3v) is 2.85. The molecule has 0 amide bonds. The molecule has 0 radical (unpaired) electrons. The largest absolute Gasteiger partial charge is 0.469 e. The molecular weight excluding hydrogens is 224 g/mol. The van der Waals surface area contributed by atoms with Crippen molar-refractivity contribution in [2.24, 2.45) is 0 Å². The Bertz CT molecular complexity index is 448. The number of rotatable bonds is 3. The molecular formula is C11H12N2O4. The van der Waals surface area contributed by atoms with E-state index in [1.165, 1.54) is 7.11 Å². The summed E-state index contributed by atoms with van der Waals surface area (Å²) in [7, 11) is 1.32. The summed E-state index contributed by atoms with van der Waals surface area (Å²) in [5.41, 5.74) is 8.35. The van der Waals surface area contributed by atoms with Gasteiger partial charge in [0.1, 0.15) is 5.76 Å². The fourth-order valence-corrected chi connectivity index (χ4v) is 1.94. The van der Waals surface area contributed by atoms with E-state index in [2.05, 4.69) is 9.53 Å². The fourth-order valence-electron chi connectivity index (χ4n) is 1.94. The van der Waals surface area contributed by atoms with Crippen LogP contribution in [0.15, 0.2) is 24.0 Å². The number of ether oxygens (including phenoxy) is 3. The maximum absolute atomic E-state index is 11.2. The van der Waals surface area contributed by atoms with Gasteiger partial charge < -0.3 is 19.7 Å². The summed E-state index contributed by atoms with van der Waals surface area (Å²) in [4.78, 5) is 14.4. The van der Waals surface area contributed by atoms with E-state index >= 15 is 0 Å². The molecule has 6 heteroatoms. The summed E-state index contributed by atoms with van der Waals surface area (Å²) in [5.74, 6) is 0.206. The van der Waals surface area contributed by atoms with Gasteiger partial charge in [0.15, 0.2) is 6.79 Å². The molecule has 0 aromatic heterocycles. The van der Waals surface area contributed by atoms with Crippen molar-refractivity contribution in [2.75, 3.05) is 13.9 Å². The molecule has 0 spiro atoms. The van der Waals surface area contributed by atoms with Crippen molar-refractivity contribution in [3.05, 3.63) is 29.5 Å². The molecule has 1 fully saturated rings. The zero-order valence-corrected chi connectivity index (χ0v) is 9.38. The number of esters is 1. The Hall–Kier alpha value is -1.91. The minimum atomic E-state index is -0.961. The second kappa shape index (κ2) is 4.53. The standard InChI is InChI=1S/C11H12N2O4/c1-15-10(14)5-6-11-8(13-12)3-2-4-9(11)16-7-17-11/h2-4H,5-7H2,1H3. The first kappa shape index (κ1) is 11.6. The van der Waals surface area contributed by atoms with Crippen molar-refractivity contribution < 1.29 is 23.8 Å². The number of carbonyl (C=O) groups excluding carboxylic acids is 1. The molecule has 90 valence electrons. The number of nitrogens with zero attached hydrogens (tertiary/aromatic N) is 2. The molecule has 1 heterocycles. The first-order valence-electron chi connectivity index (χ1n) is 5.18. The average molecular weight is 236 g/mol. The van der Waals surface area contributed by atoms with Crippen molar-refractivity contribution in [1.29, 1.82) is 0 Å². The van der Waals surface area contributed by atoms with Gasteiger partial charge in [0.05, 0.1) is 7.11 Å². The van der Waals surface area contributed by atoms with Gasteiger partial charge in [-0.15, -0.1) is 0 Å². The highest BCUT2D eigenvalue weighted by atomic mass is 16.7. The van der Waals surface area contributed by atoms with Gasteiger partial charge in [-0.25, -0.2) is 0 Å². The van der Waals surface area contributed by atoms with Crippen LogP contribution in [-0.2, 0) is 19.0 Å². The summed E-state index contributed by atoms with van der Waals surface area (Å²) in [6.07, 6.45) is 5.53. The van der Waals surface area contributed by atoms with E-state index in [1.54, 1.807) is 18.2 Å². The lowest BCUT2D eigenvalue weighted by Gasteiger charge is -2.22. The van der Waals surface area contributed by atoms with Crippen molar-refractivity contribution in [2.45, 2.75) is 18.4 Å². The molecule has 1 atom stereocenters. The lowest BCUT2D eigenvalue weighted by Crippen LogP contribution is -2.41. The number of hydrogen-bond donors (Lipinski definition) is 0. The maximum Gasteiger partial charge on any atom is 0.331 e. The topological polar surface area (TPSA) is 81.2 Å². The Kier molecular flexibility index (Phi) is 3.08. The van der Waals surface area contributed by atoms with Gasteiger partial charge in [-0.05, 0) is 6.08 Å². The van der Waals surface area contributed by atoms with Gasteiger partial charge in [-0.2, -0.15) is 4.79 Å². The van der Waals surface area contributed by atoms with Crippen LogP contribution < -0.4 is 0 Å². The van der Waals surface area contributed by atoms with Crippen LogP contribution in [0.4, 0.5) is 0 Å². The van der Waals surface area contributed by atoms with Crippen molar-refractivity contribution >= 4 is 11.7 Å². The Morgan fingerprint density at radius 1 is 1.71 bits per heavy atom. The Morgan fingerprint density at radius 3 is 3.24 bits per heavy atom. The van der Waals surface area contributed by atoms with E-state index in [9.17, 15) is 4.79 Å². The maximum atomic E-state index is 11.2. The number of methoxy groups -OCH3 is 1. The second-order valence-corrected chi connectivity index (χ2v) is 3.68. The third-order valence-electron chi connectivity index (χ3n) is 2.85. The smallest absolute Gasteiger partial charge is 0.331 e. The zero-order chi connectivity index (χ0) is 12.3. The van der Waals surface area contributed by atoms with Crippen LogP contribution in [-0.4, -0.2) is 36.0 Å². The molecule has 2 rings (SSSR count). The molecule has 2 aliphatic rings. The van der Waals surface area contributed by atoms with E-state index in [0.717, 1.165) is 0 Å². The SMILES string of the molecule is COC(=O)CCC12OCOC1=CC=CC2=[N+]=[N-]. The van der Waals surface area contributed by atoms with E-state index in [4.69, 9.17) is 15.0 Å². The van der Waals surface area contributed by atoms with Gasteiger partial charge in [0, 0.05) is 18.9 Å². The van der Waals surface area contributed by atoms with Crippen LogP contribution in [0.2, 0.25) is 0 Å². The average Bonchev–Trinajstić information content (AvgIpc) is 2.79. The Balaban J connectivity index is 2.25. The fraction of sp³-hybridized carbons (Fsp3) is 0.455. The first-order chi connectivity index (χ1) is 8.23. The quantitative estimate of drug-likeness (QED) is 0.412. The highest BCUT2D eigenvalue weighted by molar-refractivity contribution is 6.01. The van der Waals surface area contributed by atoms with E-state index in [0.29, 0.717) is 17.9 Å². The van der Waals surface area contributed by atoms with Crippen molar-refractivity contribution in [1.82, 2.24) is 0 Å². The molecule has 0 N–H and O–H groups in total. The minimum absolute atomic E-state index is 0.0771. The van der Waals surface area contributed by atoms with E-state index in [-0.39, 0.29) is 19.2 Å². The molecule has 1 saturated heterocycles. The van der Waals surface area contributed by atoms with Crippen LogP contribution in [0.5, 0.6) is 0 Å². The monoisotopic (exact) mass is 236 g/mol. The van der Waals surface area contributed by atoms with Gasteiger partial charge >= 0.3 is 11.7 Å². The molecule has 6 nitrogen and oxygen atoms in total. The number of fused-ring (bicyclic) bond motifs is 1. The zero-order valence-electron chi connectivity index (χ0n) is 9.38. The van der Waals surface area contributed by atoms with Gasteiger partial charge in [0.2, 0.25) is 5.60 Å². The molecule has 1 aliphatic carbocycles. The molecule has 0 saturated carbocycles. The number of hydrogen-bond acceptors (Lipinski definition) is 4. The predicted molar refractivity (Wildman–Crippen MR) is 56.9 cm³/mol. The lowest BCUT2D eigenvalue weighted by molar-refractivity contribution is -0.141. The van der Waals surface area contributed by atoms with Crippen molar-refractivity contribution in [3.8, 4) is 0 Å². The van der Waals surface area contributed by atoms with E-state index in [1.807, 2.05) is 0 Å². The van der Waals surface area contributed by atoms with Gasteiger partial charge in [-0.3, -0.25) is 4.79 Å². The van der Waals surface area contributed by atoms with Crippen LogP contribution in [0.3, 0.4) is 0 Å². The second-order valence-electron chi connectivity index (χ2n) is 3.68. The molecule has 1 aliphatic heterocycles. The Labute approximate surface area is 98.1 Å². The normalized spacial score (nSPS) is 25.7. The molecule has 0 aromatic rings. The summed E-state index contributed by atoms with van der Waals surface area (Å²) in [5, 5.41) is 0. The third kappa shape index (κ3) is 1.88. The van der Waals surface area contributed by atoms with E-state index < -0.39 is 5.60 Å². The highest BCUT2D eigenvalue weighted by Gasteiger charge is 2.52. The van der Waals surface area contributed by atoms with Crippen LogP contribution in [0, 0.1) is 0 Å². The minimum Gasteiger partial charge on any atom is -0.469 e. The summed E-state index contributed by atoms with van der Waals surface area (Å²) in [6, 6.07) is 0. The summed E-state index contributed by atoms with van der Waals surface area (Å²) < 4.78 is 15.4. The summed E-state index contributed by atoms with van der Waals surface area (Å²) in [6.45, 7) is 0.0771. The first-order valence-corrected chi connectivity index (χ1v) is 5.18. The van der Waals surface area contributed by atoms with Crippen LogP contribution >= 0.6 is 0 Å². The van der Waals surface area contributed by atoms with Gasteiger partial charge in [0.25, 0.3) is 0 Å². The van der Waals surface area contributed by atoms with Crippen LogP contribution in [0.1, 0.15) is 12.8 Å². The van der Waals surface area contributed by atoms with Gasteiger partial charge in [-0.1, -0.05) is 6.08 Å². The summed E-state index contributed by atoms with van der Waals surface area (Å²) >= 11 is 0. The predicted octanol–water partition coefficient (Wildman–Crippen LogP) is 0.807. The lowest BCUT2D eigenvalue weighted by atomic mass is 9.86. The molecule has 17 heavy (non-hydrogen) atoms. The van der Waals surface area contributed by atoms with Crippen molar-refractivity contribution in [3.63, 3.8) is 0 Å². The Morgan fingerprint density at radius 2 is 2.53 bits per heavy atom.